The second kappa shape index (κ2) is 9.19. The number of carboxylic acids is 1. The molecule has 1 unspecified atom stereocenters. The van der Waals surface area contributed by atoms with Gasteiger partial charge in [0.2, 0.25) is 0 Å². The Morgan fingerprint density at radius 1 is 1.03 bits per heavy atom. The van der Waals surface area contributed by atoms with Crippen LogP contribution in [-0.4, -0.2) is 17.2 Å². The molecule has 1 atom stereocenters. The van der Waals surface area contributed by atoms with Gasteiger partial charge < -0.3 is 15.2 Å². The Morgan fingerprint density at radius 2 is 1.79 bits per heavy atom. The third-order valence-electron chi connectivity index (χ3n) is 4.45. The molecular weight excluding hydrogens is 376 g/mol. The van der Waals surface area contributed by atoms with Crippen molar-refractivity contribution in [2.45, 2.75) is 26.0 Å². The predicted molar refractivity (Wildman–Crippen MR) is 108 cm³/mol. The van der Waals surface area contributed by atoms with Gasteiger partial charge in [0.15, 0.2) is 6.10 Å². The normalized spacial score (nSPS) is 11.7. The molecule has 3 rings (SSSR count). The largest absolute Gasteiger partial charge is 0.479 e. The fourth-order valence-corrected chi connectivity index (χ4v) is 2.91. The van der Waals surface area contributed by atoms with Gasteiger partial charge in [-0.05, 0) is 53.9 Å². The molecule has 150 valence electrons. The summed E-state index contributed by atoms with van der Waals surface area (Å²) in [7, 11) is 0. The number of carboxylic acid groups (broad SMARTS) is 1. The minimum absolute atomic E-state index is 0.203. The summed E-state index contributed by atoms with van der Waals surface area (Å²) in [4.78, 5) is 11.1. The van der Waals surface area contributed by atoms with Crippen molar-refractivity contribution in [3.8, 4) is 16.9 Å². The molecule has 0 spiro atoms. The lowest BCUT2D eigenvalue weighted by Crippen LogP contribution is -2.25. The first-order valence-electron chi connectivity index (χ1n) is 9.24. The highest BCUT2D eigenvalue weighted by atomic mass is 19.1. The van der Waals surface area contributed by atoms with Gasteiger partial charge in [-0.2, -0.15) is 0 Å². The van der Waals surface area contributed by atoms with Gasteiger partial charge in [0.25, 0.3) is 0 Å². The average molecular weight is 397 g/mol. The van der Waals surface area contributed by atoms with E-state index in [-0.39, 0.29) is 18.2 Å². The van der Waals surface area contributed by atoms with E-state index in [9.17, 15) is 13.6 Å². The van der Waals surface area contributed by atoms with Crippen LogP contribution in [0.2, 0.25) is 0 Å². The average Bonchev–Trinajstić information content (AvgIpc) is 2.71. The zero-order chi connectivity index (χ0) is 20.8. The number of anilines is 1. The molecule has 4 nitrogen and oxygen atoms in total. The van der Waals surface area contributed by atoms with Gasteiger partial charge in [0.1, 0.15) is 17.4 Å². The number of ether oxygens (including phenoxy) is 1. The van der Waals surface area contributed by atoms with Crippen LogP contribution in [-0.2, 0) is 11.3 Å². The Kier molecular flexibility index (Phi) is 6.44. The number of carbonyl (C=O) groups is 1. The van der Waals surface area contributed by atoms with E-state index < -0.39 is 12.1 Å². The zero-order valence-corrected chi connectivity index (χ0v) is 15.9. The number of benzene rings is 3. The molecule has 0 amide bonds. The highest BCUT2D eigenvalue weighted by Crippen LogP contribution is 2.24. The van der Waals surface area contributed by atoms with Crippen LogP contribution in [0, 0.1) is 11.6 Å². The molecule has 0 aliphatic rings. The van der Waals surface area contributed by atoms with E-state index in [0.29, 0.717) is 34.5 Å². The van der Waals surface area contributed by atoms with E-state index in [1.807, 2.05) is 0 Å². The monoisotopic (exact) mass is 397 g/mol. The zero-order valence-electron chi connectivity index (χ0n) is 15.9. The van der Waals surface area contributed by atoms with Crippen LogP contribution in [0.5, 0.6) is 5.75 Å². The molecule has 0 saturated heterocycles. The van der Waals surface area contributed by atoms with Crippen LogP contribution in [0.15, 0.2) is 66.7 Å². The number of aliphatic carboxylic acids is 1. The minimum Gasteiger partial charge on any atom is -0.479 e. The van der Waals surface area contributed by atoms with Gasteiger partial charge >= 0.3 is 5.97 Å². The van der Waals surface area contributed by atoms with E-state index in [4.69, 9.17) is 9.84 Å². The number of nitrogens with one attached hydrogen (secondary N) is 1. The molecule has 0 aliphatic heterocycles. The summed E-state index contributed by atoms with van der Waals surface area (Å²) in [6.45, 7) is 1.93. The summed E-state index contributed by atoms with van der Waals surface area (Å²) in [5.74, 6) is -1.34. The third-order valence-corrected chi connectivity index (χ3v) is 4.45. The fourth-order valence-electron chi connectivity index (χ4n) is 2.91. The van der Waals surface area contributed by atoms with Crippen molar-refractivity contribution < 1.29 is 23.4 Å². The highest BCUT2D eigenvalue weighted by molar-refractivity contribution is 5.72. The maximum Gasteiger partial charge on any atom is 0.344 e. The van der Waals surface area contributed by atoms with Gasteiger partial charge in [-0.15, -0.1) is 0 Å². The summed E-state index contributed by atoms with van der Waals surface area (Å²) in [6, 6.07) is 17.6. The molecule has 0 bridgehead atoms. The molecule has 3 aromatic carbocycles. The van der Waals surface area contributed by atoms with Crippen molar-refractivity contribution in [3.05, 3.63) is 83.9 Å². The number of rotatable bonds is 8. The van der Waals surface area contributed by atoms with E-state index in [1.54, 1.807) is 55.5 Å². The van der Waals surface area contributed by atoms with Crippen molar-refractivity contribution in [3.63, 3.8) is 0 Å². The van der Waals surface area contributed by atoms with Gasteiger partial charge in [-0.3, -0.25) is 0 Å². The van der Waals surface area contributed by atoms with Gasteiger partial charge in [-0.1, -0.05) is 31.2 Å². The van der Waals surface area contributed by atoms with Gasteiger partial charge in [0.05, 0.1) is 0 Å². The first-order valence-corrected chi connectivity index (χ1v) is 9.24. The molecule has 29 heavy (non-hydrogen) atoms. The first kappa shape index (κ1) is 20.3. The standard InChI is InChI=1S/C23H21F2NO3/c1-2-22(23(27)28)29-20-8-4-7-19(13-20)26-14-17-11-16(9-10-21(17)25)15-5-3-6-18(24)12-15/h3-13,22,26H,2,14H2,1H3,(H,27,28). The van der Waals surface area contributed by atoms with Crippen molar-refractivity contribution in [2.75, 3.05) is 5.32 Å². The van der Waals surface area contributed by atoms with Crippen LogP contribution in [0.3, 0.4) is 0 Å². The Morgan fingerprint density at radius 3 is 2.52 bits per heavy atom. The molecule has 3 aromatic rings. The van der Waals surface area contributed by atoms with Crippen LogP contribution in [0.4, 0.5) is 14.5 Å². The SMILES string of the molecule is CCC(Oc1cccc(NCc2cc(-c3cccc(F)c3)ccc2F)c1)C(=O)O. The van der Waals surface area contributed by atoms with E-state index >= 15 is 0 Å². The molecule has 0 aromatic heterocycles. The second-order valence-corrected chi connectivity index (χ2v) is 6.55. The molecule has 6 heteroatoms. The Hall–Kier alpha value is -3.41. The maximum absolute atomic E-state index is 14.2. The second-order valence-electron chi connectivity index (χ2n) is 6.55. The number of hydrogen-bond donors (Lipinski definition) is 2. The maximum atomic E-state index is 14.2. The summed E-state index contributed by atoms with van der Waals surface area (Å²) in [5.41, 5.74) is 2.47. The molecule has 0 fully saturated rings. The van der Waals surface area contributed by atoms with Crippen LogP contribution in [0.1, 0.15) is 18.9 Å². The van der Waals surface area contributed by atoms with E-state index in [2.05, 4.69) is 5.32 Å². The Balaban J connectivity index is 1.74. The molecule has 0 heterocycles. The Bertz CT molecular complexity index is 1010. The molecule has 0 aliphatic carbocycles. The van der Waals surface area contributed by atoms with E-state index in [1.165, 1.54) is 18.2 Å². The molecule has 2 N–H and O–H groups in total. The predicted octanol–water partition coefficient (Wildman–Crippen LogP) is 5.49. The first-order chi connectivity index (χ1) is 14.0. The summed E-state index contributed by atoms with van der Waals surface area (Å²) < 4.78 is 33.2. The van der Waals surface area contributed by atoms with Crippen molar-refractivity contribution >= 4 is 11.7 Å². The lowest BCUT2D eigenvalue weighted by molar-refractivity contribution is -0.145. The van der Waals surface area contributed by atoms with Gasteiger partial charge in [-0.25, -0.2) is 13.6 Å². The number of hydrogen-bond acceptors (Lipinski definition) is 3. The molecule has 0 saturated carbocycles. The van der Waals surface area contributed by atoms with Crippen molar-refractivity contribution in [1.82, 2.24) is 0 Å². The topological polar surface area (TPSA) is 58.6 Å². The quantitative estimate of drug-likeness (QED) is 0.528. The van der Waals surface area contributed by atoms with Crippen molar-refractivity contribution in [1.29, 1.82) is 0 Å². The summed E-state index contributed by atoms with van der Waals surface area (Å²) >= 11 is 0. The molecular formula is C23H21F2NO3. The summed E-state index contributed by atoms with van der Waals surface area (Å²) in [5, 5.41) is 12.2. The summed E-state index contributed by atoms with van der Waals surface area (Å²) in [6.07, 6.45) is -0.587. The Labute approximate surface area is 167 Å². The van der Waals surface area contributed by atoms with E-state index in [0.717, 1.165) is 0 Å². The van der Waals surface area contributed by atoms with Crippen LogP contribution in [0.25, 0.3) is 11.1 Å². The third kappa shape index (κ3) is 5.31. The lowest BCUT2D eigenvalue weighted by Gasteiger charge is -2.15. The number of halogens is 2. The molecule has 0 radical (unpaired) electrons. The lowest BCUT2D eigenvalue weighted by atomic mass is 10.0. The van der Waals surface area contributed by atoms with Crippen LogP contribution >= 0.6 is 0 Å². The van der Waals surface area contributed by atoms with Gasteiger partial charge in [0, 0.05) is 23.9 Å². The highest BCUT2D eigenvalue weighted by Gasteiger charge is 2.16. The minimum atomic E-state index is -1.03. The van der Waals surface area contributed by atoms with Crippen LogP contribution < -0.4 is 10.1 Å². The fraction of sp³-hybridized carbons (Fsp3) is 0.174. The smallest absolute Gasteiger partial charge is 0.344 e. The van der Waals surface area contributed by atoms with Crippen molar-refractivity contribution in [2.24, 2.45) is 0 Å².